The molecule has 2 N–H and O–H groups in total. The van der Waals surface area contributed by atoms with Crippen LogP contribution in [0.3, 0.4) is 0 Å². The van der Waals surface area contributed by atoms with Gasteiger partial charge in [0.15, 0.2) is 23.5 Å². The number of aliphatic imine (C=N–C) groups is 1. The van der Waals surface area contributed by atoms with Gasteiger partial charge in [-0.15, -0.1) is 0 Å². The number of aromatic amines is 1. The maximum Gasteiger partial charge on any atom is 0.407 e. The molecule has 14 heteroatoms. The summed E-state index contributed by atoms with van der Waals surface area (Å²) < 4.78 is 21.7. The number of halogens is 1. The zero-order chi connectivity index (χ0) is 36.2. The second-order valence-electron chi connectivity index (χ2n) is 13.6. The molecule has 3 heterocycles. The minimum absolute atomic E-state index is 0.0981. The van der Waals surface area contributed by atoms with Gasteiger partial charge in [0, 0.05) is 20.6 Å². The summed E-state index contributed by atoms with van der Waals surface area (Å²) in [6.45, 7) is 7.10. The number of alkyl carbamates (subject to hydrolysis) is 1. The van der Waals surface area contributed by atoms with E-state index in [1.165, 1.54) is 12.7 Å². The van der Waals surface area contributed by atoms with Gasteiger partial charge >= 0.3 is 6.09 Å². The Morgan fingerprint density at radius 2 is 1.65 bits per heavy atom. The van der Waals surface area contributed by atoms with Crippen molar-refractivity contribution in [3.05, 3.63) is 113 Å². The lowest BCUT2D eigenvalue weighted by atomic mass is 10.2. The molecule has 0 unspecified atom stereocenters. The van der Waals surface area contributed by atoms with E-state index in [4.69, 9.17) is 13.9 Å². The molecule has 1 fully saturated rings. The molecule has 6 rings (SSSR count). The molecule has 51 heavy (non-hydrogen) atoms. The summed E-state index contributed by atoms with van der Waals surface area (Å²) >= 11 is 3.84. The van der Waals surface area contributed by atoms with Crippen LogP contribution in [0, 0.1) is 0 Å². The van der Waals surface area contributed by atoms with Crippen LogP contribution in [0.2, 0.25) is 5.04 Å². The average Bonchev–Trinajstić information content (AvgIpc) is 3.68. The first-order valence-corrected chi connectivity index (χ1v) is 19.5. The molecular weight excluding hydrogens is 730 g/mol. The van der Waals surface area contributed by atoms with Gasteiger partial charge in [0.1, 0.15) is 0 Å². The molecule has 266 valence electrons. The number of fused-ring (bicyclic) bond motifs is 1. The lowest BCUT2D eigenvalue weighted by Gasteiger charge is -2.43. The molecule has 0 aliphatic carbocycles. The minimum Gasteiger partial charge on any atom is -0.440 e. The van der Waals surface area contributed by atoms with Crippen molar-refractivity contribution in [2.75, 3.05) is 20.7 Å². The van der Waals surface area contributed by atoms with E-state index in [1.807, 2.05) is 80.8 Å². The maximum atomic E-state index is 13.3. The molecule has 1 aliphatic rings. The average molecular weight is 773 g/mol. The normalized spacial score (nSPS) is 19.4. The number of rotatable bonds is 11. The van der Waals surface area contributed by atoms with Gasteiger partial charge in [-0.1, -0.05) is 128 Å². The first-order valence-electron chi connectivity index (χ1n) is 16.7. The Morgan fingerprint density at radius 1 is 1.04 bits per heavy atom. The van der Waals surface area contributed by atoms with Gasteiger partial charge in [-0.25, -0.2) is 14.8 Å². The quantitative estimate of drug-likeness (QED) is 0.0841. The molecule has 3 aromatic carbocycles. The van der Waals surface area contributed by atoms with Crippen molar-refractivity contribution in [2.45, 2.75) is 55.6 Å². The van der Waals surface area contributed by atoms with Crippen molar-refractivity contribution < 1.29 is 18.7 Å². The molecule has 12 nitrogen and oxygen atoms in total. The van der Waals surface area contributed by atoms with E-state index in [-0.39, 0.29) is 35.3 Å². The van der Waals surface area contributed by atoms with Crippen LogP contribution in [0.5, 0.6) is 0 Å². The van der Waals surface area contributed by atoms with E-state index < -0.39 is 43.2 Å². The summed E-state index contributed by atoms with van der Waals surface area (Å²) in [5.41, 5.74) is 0.812. The third-order valence-electron chi connectivity index (χ3n) is 8.77. The number of ether oxygens (including phenoxy) is 2. The van der Waals surface area contributed by atoms with E-state index in [0.29, 0.717) is 0 Å². The van der Waals surface area contributed by atoms with E-state index in [0.717, 1.165) is 15.9 Å². The number of hydrogen-bond acceptors (Lipinski definition) is 8. The monoisotopic (exact) mass is 771 g/mol. The van der Waals surface area contributed by atoms with Gasteiger partial charge in [0.05, 0.1) is 30.2 Å². The molecule has 0 spiro atoms. The van der Waals surface area contributed by atoms with Crippen molar-refractivity contribution in [1.82, 2.24) is 29.7 Å². The van der Waals surface area contributed by atoms with Gasteiger partial charge in [-0.3, -0.25) is 14.3 Å². The second-order valence-corrected chi connectivity index (χ2v) is 19.0. The Kier molecular flexibility index (Phi) is 10.9. The third-order valence-corrected chi connectivity index (χ3v) is 14.9. The standard InChI is InChI=1S/C37H42BrN7O5Si/c1-37(2,3)51(26-17-11-7-12-18-26,27-19-13-8-14-20-27)48-22-28-29(38)31(50-36(47)39-21-25-15-9-6-10-16-25)34(49-28)45-24-40-30-32(45)42-35(43-33(30)46)41-23-44(4)5/h6-20,23-24,28-29,31,34H,21-22H2,1-5H3,(H,39,47)(H,42,43,46)/b41-23+/t28-,29+,31-,34-/m1/s1. The lowest BCUT2D eigenvalue weighted by molar-refractivity contribution is -0.0500. The largest absolute Gasteiger partial charge is 0.440 e. The van der Waals surface area contributed by atoms with Crippen LogP contribution in [0.1, 0.15) is 32.6 Å². The highest BCUT2D eigenvalue weighted by Gasteiger charge is 2.53. The Balaban J connectivity index is 1.35. The van der Waals surface area contributed by atoms with E-state index in [2.05, 4.69) is 86.2 Å². The summed E-state index contributed by atoms with van der Waals surface area (Å²) in [7, 11) is 0.691. The number of aromatic nitrogens is 4. The fourth-order valence-electron chi connectivity index (χ4n) is 6.41. The highest BCUT2D eigenvalue weighted by atomic mass is 79.9. The number of H-pyrrole nitrogens is 1. The molecule has 1 aliphatic heterocycles. The topological polar surface area (TPSA) is 136 Å². The van der Waals surface area contributed by atoms with Crippen LogP contribution in [0.25, 0.3) is 11.2 Å². The number of imidazole rings is 1. The summed E-state index contributed by atoms with van der Waals surface area (Å²) in [4.78, 5) is 43.5. The summed E-state index contributed by atoms with van der Waals surface area (Å²) in [5, 5.41) is 4.85. The fourth-order valence-corrected chi connectivity index (χ4v) is 11.6. The van der Waals surface area contributed by atoms with E-state index in [9.17, 15) is 9.59 Å². The number of alkyl halides is 1. The Bertz CT molecular complexity index is 1980. The molecule has 1 amide bonds. The molecular formula is C37H42BrN7O5Si. The zero-order valence-electron chi connectivity index (χ0n) is 29.2. The Labute approximate surface area is 306 Å². The van der Waals surface area contributed by atoms with Gasteiger partial charge in [-0.05, 0) is 21.0 Å². The Hall–Kier alpha value is -4.63. The lowest BCUT2D eigenvalue weighted by Crippen LogP contribution is -2.67. The number of carbonyl (C=O) groups excluding carboxylic acids is 1. The van der Waals surface area contributed by atoms with Crippen molar-refractivity contribution in [1.29, 1.82) is 0 Å². The zero-order valence-corrected chi connectivity index (χ0v) is 31.8. The third kappa shape index (κ3) is 7.69. The van der Waals surface area contributed by atoms with Crippen molar-refractivity contribution in [3.63, 3.8) is 0 Å². The molecule has 0 radical (unpaired) electrons. The highest BCUT2D eigenvalue weighted by molar-refractivity contribution is 9.09. The van der Waals surface area contributed by atoms with Gasteiger partial charge in [-0.2, -0.15) is 4.98 Å². The summed E-state index contributed by atoms with van der Waals surface area (Å²) in [5.74, 6) is 0.0981. The summed E-state index contributed by atoms with van der Waals surface area (Å²) in [6.07, 6.45) is 0.0407. The molecule has 4 atom stereocenters. The fraction of sp³-hybridized carbons (Fsp3) is 0.324. The van der Waals surface area contributed by atoms with Crippen LogP contribution in [-0.2, 0) is 20.4 Å². The van der Waals surface area contributed by atoms with E-state index >= 15 is 0 Å². The van der Waals surface area contributed by atoms with Crippen molar-refractivity contribution in [2.24, 2.45) is 4.99 Å². The number of amides is 1. The number of nitrogens with zero attached hydrogens (tertiary/aromatic N) is 5. The number of nitrogens with one attached hydrogen (secondary N) is 2. The SMILES string of the molecule is CN(C)/C=N/c1nc2c(ncn2[C@@H]2O[C@H](CO[Si](c3ccccc3)(c3ccccc3)C(C)(C)C)[C@H](Br)[C@H]2OC(=O)NCc2ccccc2)c(=O)[nH]1. The molecule has 1 saturated heterocycles. The number of benzene rings is 3. The van der Waals surface area contributed by atoms with Crippen molar-refractivity contribution >= 4 is 64.2 Å². The number of carbonyl (C=O) groups is 1. The molecule has 5 aromatic rings. The highest BCUT2D eigenvalue weighted by Crippen LogP contribution is 2.41. The summed E-state index contributed by atoms with van der Waals surface area (Å²) in [6, 6.07) is 30.3. The smallest absolute Gasteiger partial charge is 0.407 e. The maximum absolute atomic E-state index is 13.3. The van der Waals surface area contributed by atoms with E-state index in [1.54, 1.807) is 9.47 Å². The van der Waals surface area contributed by atoms with Crippen LogP contribution < -0.4 is 21.2 Å². The van der Waals surface area contributed by atoms with Gasteiger partial charge in [0.2, 0.25) is 5.95 Å². The predicted molar refractivity (Wildman–Crippen MR) is 204 cm³/mol. The second kappa shape index (κ2) is 15.3. The first-order chi connectivity index (χ1) is 24.5. The van der Waals surface area contributed by atoms with Gasteiger partial charge in [0.25, 0.3) is 13.9 Å². The van der Waals surface area contributed by atoms with Crippen LogP contribution in [0.4, 0.5) is 10.7 Å². The predicted octanol–water partition coefficient (Wildman–Crippen LogP) is 4.87. The molecule has 0 saturated carbocycles. The van der Waals surface area contributed by atoms with Gasteiger partial charge < -0.3 is 24.1 Å². The van der Waals surface area contributed by atoms with Crippen LogP contribution in [-0.4, -0.2) is 82.9 Å². The van der Waals surface area contributed by atoms with Crippen LogP contribution >= 0.6 is 15.9 Å². The first kappa shape index (κ1) is 36.2. The van der Waals surface area contributed by atoms with Crippen LogP contribution in [0.15, 0.2) is 107 Å². The number of hydrogen-bond donors (Lipinski definition) is 2. The molecule has 2 aromatic heterocycles. The minimum atomic E-state index is -2.93. The molecule has 0 bridgehead atoms. The Morgan fingerprint density at radius 3 is 2.24 bits per heavy atom. The van der Waals surface area contributed by atoms with Crippen molar-refractivity contribution in [3.8, 4) is 0 Å².